The summed E-state index contributed by atoms with van der Waals surface area (Å²) in [5.41, 5.74) is 0.0513. The summed E-state index contributed by atoms with van der Waals surface area (Å²) in [7, 11) is 2.94. The van der Waals surface area contributed by atoms with Crippen LogP contribution in [-0.2, 0) is 9.47 Å². The maximum atomic E-state index is 11.0. The number of ether oxygens (including phenoxy) is 4. The minimum Gasteiger partial charge on any atom is -0.478 e. The number of carboxylic acids is 1. The highest BCUT2D eigenvalue weighted by atomic mass is 79.9. The van der Waals surface area contributed by atoms with Crippen LogP contribution in [0, 0.1) is 0 Å². The highest BCUT2D eigenvalue weighted by Crippen LogP contribution is 2.36. The first-order chi connectivity index (χ1) is 8.60. The van der Waals surface area contributed by atoms with Gasteiger partial charge < -0.3 is 24.1 Å². The first-order valence-corrected chi connectivity index (χ1v) is 5.69. The predicted molar refractivity (Wildman–Crippen MR) is 66.1 cm³/mol. The largest absolute Gasteiger partial charge is 0.478 e. The van der Waals surface area contributed by atoms with Crippen LogP contribution in [-0.4, -0.2) is 38.9 Å². The van der Waals surface area contributed by atoms with Gasteiger partial charge in [0.2, 0.25) is 0 Å². The number of rotatable bonds is 7. The highest BCUT2D eigenvalue weighted by Gasteiger charge is 2.15. The van der Waals surface area contributed by atoms with Crippen molar-refractivity contribution < 1.29 is 28.8 Å². The van der Waals surface area contributed by atoms with E-state index < -0.39 is 5.97 Å². The van der Waals surface area contributed by atoms with Crippen molar-refractivity contribution in [3.05, 3.63) is 22.2 Å². The van der Waals surface area contributed by atoms with Gasteiger partial charge in [0.05, 0.1) is 5.56 Å². The standard InChI is InChI=1S/C11H13BrO6/c1-15-5-17-8-3-7(11(13)14)4-9(10(8)12)18-6-16-2/h3-4H,5-6H2,1-2H3,(H,13,14). The van der Waals surface area contributed by atoms with E-state index >= 15 is 0 Å². The molecule has 18 heavy (non-hydrogen) atoms. The molecule has 6 nitrogen and oxygen atoms in total. The number of halogens is 1. The molecule has 0 aliphatic rings. The van der Waals surface area contributed by atoms with E-state index in [2.05, 4.69) is 15.9 Å². The third kappa shape index (κ3) is 3.86. The maximum Gasteiger partial charge on any atom is 0.335 e. The average molecular weight is 321 g/mol. The Balaban J connectivity index is 3.07. The van der Waals surface area contributed by atoms with E-state index in [1.54, 1.807) is 0 Å². The van der Waals surface area contributed by atoms with E-state index in [9.17, 15) is 4.79 Å². The molecular weight excluding hydrogens is 308 g/mol. The van der Waals surface area contributed by atoms with Crippen LogP contribution in [0.4, 0.5) is 0 Å². The number of aromatic carboxylic acids is 1. The molecule has 1 aromatic carbocycles. The third-order valence-electron chi connectivity index (χ3n) is 1.92. The fourth-order valence-corrected chi connectivity index (χ4v) is 1.61. The molecule has 1 rings (SSSR count). The second-order valence-corrected chi connectivity index (χ2v) is 3.99. The van der Waals surface area contributed by atoms with Crippen LogP contribution in [0.1, 0.15) is 10.4 Å². The molecule has 0 heterocycles. The molecule has 0 unspecified atom stereocenters. The average Bonchev–Trinajstić information content (AvgIpc) is 2.35. The lowest BCUT2D eigenvalue weighted by Gasteiger charge is -2.13. The molecule has 0 amide bonds. The van der Waals surface area contributed by atoms with Gasteiger partial charge >= 0.3 is 5.97 Å². The summed E-state index contributed by atoms with van der Waals surface area (Å²) in [4.78, 5) is 11.0. The Labute approximate surface area is 113 Å². The zero-order valence-corrected chi connectivity index (χ0v) is 11.5. The van der Waals surface area contributed by atoms with E-state index in [1.165, 1.54) is 26.4 Å². The van der Waals surface area contributed by atoms with Crippen LogP contribution in [0.2, 0.25) is 0 Å². The molecular formula is C11H13BrO6. The van der Waals surface area contributed by atoms with Gasteiger partial charge in [-0.25, -0.2) is 4.79 Å². The van der Waals surface area contributed by atoms with Gasteiger partial charge in [-0.3, -0.25) is 0 Å². The van der Waals surface area contributed by atoms with Crippen molar-refractivity contribution in [2.75, 3.05) is 27.8 Å². The molecule has 0 aliphatic carbocycles. The van der Waals surface area contributed by atoms with Gasteiger partial charge in [-0.2, -0.15) is 0 Å². The summed E-state index contributed by atoms with van der Waals surface area (Å²) in [6.45, 7) is 0.0107. The number of carbonyl (C=O) groups is 1. The molecule has 0 aliphatic heterocycles. The maximum absolute atomic E-state index is 11.0. The first kappa shape index (κ1) is 14.7. The number of carboxylic acid groups (broad SMARTS) is 1. The lowest BCUT2D eigenvalue weighted by Crippen LogP contribution is -2.06. The molecule has 0 spiro atoms. The van der Waals surface area contributed by atoms with Gasteiger partial charge in [-0.1, -0.05) is 0 Å². The van der Waals surface area contributed by atoms with Crippen molar-refractivity contribution >= 4 is 21.9 Å². The molecule has 7 heteroatoms. The number of hydrogen-bond acceptors (Lipinski definition) is 5. The normalized spacial score (nSPS) is 10.2. The van der Waals surface area contributed by atoms with Gasteiger partial charge in [0.1, 0.15) is 16.0 Å². The second-order valence-electron chi connectivity index (χ2n) is 3.19. The predicted octanol–water partition coefficient (Wildman–Crippen LogP) is 2.11. The third-order valence-corrected chi connectivity index (χ3v) is 2.70. The summed E-state index contributed by atoms with van der Waals surface area (Å²) in [5.74, 6) is -0.433. The zero-order valence-electron chi connectivity index (χ0n) is 9.94. The van der Waals surface area contributed by atoms with Crippen molar-refractivity contribution in [1.82, 2.24) is 0 Å². The molecule has 0 bridgehead atoms. The van der Waals surface area contributed by atoms with Crippen molar-refractivity contribution in [2.24, 2.45) is 0 Å². The Bertz CT molecular complexity index is 391. The zero-order chi connectivity index (χ0) is 13.5. The Morgan fingerprint density at radius 1 is 1.17 bits per heavy atom. The molecule has 0 aromatic heterocycles. The number of hydrogen-bond donors (Lipinski definition) is 1. The highest BCUT2D eigenvalue weighted by molar-refractivity contribution is 9.10. The SMILES string of the molecule is COCOc1cc(C(=O)O)cc(OCOC)c1Br. The minimum absolute atomic E-state index is 0.00535. The van der Waals surface area contributed by atoms with E-state index in [4.69, 9.17) is 24.1 Å². The van der Waals surface area contributed by atoms with Crippen LogP contribution in [0.3, 0.4) is 0 Å². The van der Waals surface area contributed by atoms with Crippen LogP contribution in [0.15, 0.2) is 16.6 Å². The lowest BCUT2D eigenvalue weighted by atomic mass is 10.2. The molecule has 0 atom stereocenters. The van der Waals surface area contributed by atoms with Crippen LogP contribution in [0.25, 0.3) is 0 Å². The first-order valence-electron chi connectivity index (χ1n) is 4.90. The van der Waals surface area contributed by atoms with Crippen molar-refractivity contribution in [1.29, 1.82) is 0 Å². The van der Waals surface area contributed by atoms with Gasteiger partial charge in [0.15, 0.2) is 13.6 Å². The quantitative estimate of drug-likeness (QED) is 0.776. The van der Waals surface area contributed by atoms with E-state index in [1.807, 2.05) is 0 Å². The molecule has 0 fully saturated rings. The Kier molecular flexibility index (Phi) is 5.90. The monoisotopic (exact) mass is 320 g/mol. The van der Waals surface area contributed by atoms with Gasteiger partial charge in [-0.05, 0) is 28.1 Å². The second kappa shape index (κ2) is 7.20. The Morgan fingerprint density at radius 3 is 1.94 bits per heavy atom. The Morgan fingerprint density at radius 2 is 1.61 bits per heavy atom. The van der Waals surface area contributed by atoms with Gasteiger partial charge in [-0.15, -0.1) is 0 Å². The smallest absolute Gasteiger partial charge is 0.335 e. The number of benzene rings is 1. The molecule has 1 aromatic rings. The number of methoxy groups -OCH3 is 2. The molecule has 0 saturated heterocycles. The van der Waals surface area contributed by atoms with Crippen molar-refractivity contribution in [2.45, 2.75) is 0 Å². The summed E-state index contributed by atoms with van der Waals surface area (Å²) in [5, 5.41) is 8.99. The lowest BCUT2D eigenvalue weighted by molar-refractivity contribution is 0.0444. The van der Waals surface area contributed by atoms with E-state index in [-0.39, 0.29) is 19.1 Å². The summed E-state index contributed by atoms with van der Waals surface area (Å²) in [6, 6.07) is 2.76. The summed E-state index contributed by atoms with van der Waals surface area (Å²) in [6.07, 6.45) is 0. The topological polar surface area (TPSA) is 74.2 Å². The van der Waals surface area contributed by atoms with E-state index in [0.717, 1.165) is 0 Å². The van der Waals surface area contributed by atoms with Crippen LogP contribution in [0.5, 0.6) is 11.5 Å². The van der Waals surface area contributed by atoms with Gasteiger partial charge in [0.25, 0.3) is 0 Å². The van der Waals surface area contributed by atoms with E-state index in [0.29, 0.717) is 16.0 Å². The molecule has 0 radical (unpaired) electrons. The van der Waals surface area contributed by atoms with Gasteiger partial charge in [0, 0.05) is 14.2 Å². The fourth-order valence-electron chi connectivity index (χ4n) is 1.15. The Hall–Kier alpha value is -1.31. The molecule has 0 saturated carbocycles. The summed E-state index contributed by atoms with van der Waals surface area (Å²) < 4.78 is 20.5. The molecule has 1 N–H and O–H groups in total. The fraction of sp³-hybridized carbons (Fsp3) is 0.364. The van der Waals surface area contributed by atoms with Crippen LogP contribution >= 0.6 is 15.9 Å². The molecule has 100 valence electrons. The minimum atomic E-state index is -1.08. The van der Waals surface area contributed by atoms with Crippen molar-refractivity contribution in [3.8, 4) is 11.5 Å². The summed E-state index contributed by atoms with van der Waals surface area (Å²) >= 11 is 3.27. The van der Waals surface area contributed by atoms with Crippen molar-refractivity contribution in [3.63, 3.8) is 0 Å². The van der Waals surface area contributed by atoms with Crippen LogP contribution < -0.4 is 9.47 Å².